The third-order valence-electron chi connectivity index (χ3n) is 3.98. The minimum absolute atomic E-state index is 0.685. The lowest BCUT2D eigenvalue weighted by Gasteiger charge is -2.36. The third-order valence-corrected chi connectivity index (χ3v) is 4.48. The van der Waals surface area contributed by atoms with E-state index in [-0.39, 0.29) is 0 Å². The molecule has 1 aromatic rings. The van der Waals surface area contributed by atoms with Crippen molar-refractivity contribution in [2.75, 3.05) is 18.0 Å². The molecule has 1 atom stereocenters. The lowest BCUT2D eigenvalue weighted by Crippen LogP contribution is -2.46. The maximum Gasteiger partial charge on any atom is 0.0407 e. The fourth-order valence-electron chi connectivity index (χ4n) is 2.84. The number of hydrogen-bond donors (Lipinski definition) is 1. The highest BCUT2D eigenvalue weighted by molar-refractivity contribution is 9.10. The summed E-state index contributed by atoms with van der Waals surface area (Å²) in [5.74, 6) is 0. The molecule has 0 bridgehead atoms. The molecule has 2 aliphatic rings. The van der Waals surface area contributed by atoms with Crippen LogP contribution in [-0.4, -0.2) is 25.2 Å². The van der Waals surface area contributed by atoms with Crippen molar-refractivity contribution in [2.45, 2.75) is 44.7 Å². The fraction of sp³-hybridized carbons (Fsp3) is 0.600. The van der Waals surface area contributed by atoms with Crippen LogP contribution in [0.1, 0.15) is 31.2 Å². The van der Waals surface area contributed by atoms with Gasteiger partial charge in [0.2, 0.25) is 0 Å². The molecule has 0 amide bonds. The first-order chi connectivity index (χ1) is 8.72. The molecule has 2 nitrogen and oxygen atoms in total. The molecular weight excluding hydrogens is 288 g/mol. The fourth-order valence-corrected chi connectivity index (χ4v) is 3.19. The van der Waals surface area contributed by atoms with Crippen molar-refractivity contribution in [3.63, 3.8) is 0 Å². The van der Waals surface area contributed by atoms with Gasteiger partial charge in [0, 0.05) is 35.3 Å². The number of nitrogens with one attached hydrogen (secondary N) is 1. The Balaban J connectivity index is 1.72. The predicted octanol–water partition coefficient (Wildman–Crippen LogP) is 3.48. The van der Waals surface area contributed by atoms with Crippen LogP contribution in [0.25, 0.3) is 0 Å². The zero-order valence-electron chi connectivity index (χ0n) is 11.0. The van der Waals surface area contributed by atoms with E-state index in [4.69, 9.17) is 0 Å². The highest BCUT2D eigenvalue weighted by atomic mass is 79.9. The molecule has 3 heteroatoms. The van der Waals surface area contributed by atoms with Crippen molar-refractivity contribution in [3.8, 4) is 0 Å². The van der Waals surface area contributed by atoms with E-state index in [2.05, 4.69) is 51.3 Å². The zero-order chi connectivity index (χ0) is 12.5. The molecule has 1 aliphatic carbocycles. The quantitative estimate of drug-likeness (QED) is 0.919. The van der Waals surface area contributed by atoms with Gasteiger partial charge in [0.05, 0.1) is 0 Å². The van der Waals surface area contributed by atoms with Crippen LogP contribution in [0.4, 0.5) is 5.69 Å². The maximum atomic E-state index is 3.77. The lowest BCUT2D eigenvalue weighted by molar-refractivity contribution is 0.420. The molecule has 0 spiro atoms. The monoisotopic (exact) mass is 308 g/mol. The molecule has 0 radical (unpaired) electrons. The molecule has 98 valence electrons. The summed E-state index contributed by atoms with van der Waals surface area (Å²) < 4.78 is 1.18. The van der Waals surface area contributed by atoms with Gasteiger partial charge in [-0.3, -0.25) is 0 Å². The van der Waals surface area contributed by atoms with Gasteiger partial charge in [0.15, 0.2) is 0 Å². The van der Waals surface area contributed by atoms with Crippen LogP contribution < -0.4 is 10.2 Å². The molecule has 2 fully saturated rings. The van der Waals surface area contributed by atoms with Gasteiger partial charge in [-0.1, -0.05) is 22.0 Å². The predicted molar refractivity (Wildman–Crippen MR) is 80.3 cm³/mol. The van der Waals surface area contributed by atoms with E-state index in [1.165, 1.54) is 48.0 Å². The van der Waals surface area contributed by atoms with Crippen LogP contribution in [0.15, 0.2) is 22.7 Å². The normalized spacial score (nSPS) is 24.3. The van der Waals surface area contributed by atoms with Crippen LogP contribution in [0, 0.1) is 6.92 Å². The van der Waals surface area contributed by atoms with E-state index in [0.717, 1.165) is 12.6 Å². The Hall–Kier alpha value is -0.540. The first kappa shape index (κ1) is 12.5. The van der Waals surface area contributed by atoms with Gasteiger partial charge in [-0.15, -0.1) is 0 Å². The van der Waals surface area contributed by atoms with Crippen LogP contribution in [0.5, 0.6) is 0 Å². The second-order valence-corrected chi connectivity index (χ2v) is 6.57. The van der Waals surface area contributed by atoms with Crippen molar-refractivity contribution in [1.82, 2.24) is 5.32 Å². The van der Waals surface area contributed by atoms with Crippen molar-refractivity contribution < 1.29 is 0 Å². The number of rotatable bonds is 3. The second-order valence-electron chi connectivity index (χ2n) is 5.66. The summed E-state index contributed by atoms with van der Waals surface area (Å²) in [5.41, 5.74) is 2.77. The SMILES string of the molecule is Cc1ccc(Br)cc1N1CCCC(NC2CC2)C1. The van der Waals surface area contributed by atoms with Crippen molar-refractivity contribution >= 4 is 21.6 Å². The Morgan fingerprint density at radius 3 is 2.83 bits per heavy atom. The van der Waals surface area contributed by atoms with E-state index in [1.807, 2.05) is 0 Å². The summed E-state index contributed by atoms with van der Waals surface area (Å²) in [7, 11) is 0. The number of halogens is 1. The van der Waals surface area contributed by atoms with Crippen LogP contribution in [0.3, 0.4) is 0 Å². The zero-order valence-corrected chi connectivity index (χ0v) is 12.5. The summed E-state index contributed by atoms with van der Waals surface area (Å²) >= 11 is 3.59. The average molecular weight is 309 g/mol. The first-order valence-electron chi connectivity index (χ1n) is 6.99. The highest BCUT2D eigenvalue weighted by Crippen LogP contribution is 2.28. The summed E-state index contributed by atoms with van der Waals surface area (Å²) in [6.07, 6.45) is 5.40. The largest absolute Gasteiger partial charge is 0.370 e. The van der Waals surface area contributed by atoms with Crippen LogP contribution >= 0.6 is 15.9 Å². The molecule has 3 rings (SSSR count). The number of nitrogens with zero attached hydrogens (tertiary/aromatic N) is 1. The minimum atomic E-state index is 0.685. The van der Waals surface area contributed by atoms with Crippen molar-refractivity contribution in [2.24, 2.45) is 0 Å². The smallest absolute Gasteiger partial charge is 0.0407 e. The van der Waals surface area contributed by atoms with Gasteiger partial charge >= 0.3 is 0 Å². The molecule has 1 N–H and O–H groups in total. The Bertz CT molecular complexity index is 429. The van der Waals surface area contributed by atoms with Gasteiger partial charge < -0.3 is 10.2 Å². The number of piperidine rings is 1. The number of hydrogen-bond acceptors (Lipinski definition) is 2. The molecular formula is C15H21BrN2. The lowest BCUT2D eigenvalue weighted by atomic mass is 10.0. The summed E-state index contributed by atoms with van der Waals surface area (Å²) in [6, 6.07) is 8.10. The van der Waals surface area contributed by atoms with Gasteiger partial charge in [0.25, 0.3) is 0 Å². The molecule has 1 aromatic carbocycles. The minimum Gasteiger partial charge on any atom is -0.370 e. The summed E-state index contributed by atoms with van der Waals surface area (Å²) in [5, 5.41) is 3.77. The Labute approximate surface area is 118 Å². The number of anilines is 1. The first-order valence-corrected chi connectivity index (χ1v) is 7.79. The van der Waals surface area contributed by atoms with Gasteiger partial charge in [-0.05, 0) is 50.3 Å². The molecule has 1 saturated carbocycles. The summed E-state index contributed by atoms with van der Waals surface area (Å²) in [6.45, 7) is 4.56. The number of aryl methyl sites for hydroxylation is 1. The summed E-state index contributed by atoms with van der Waals surface area (Å²) in [4.78, 5) is 2.55. The third kappa shape index (κ3) is 2.89. The molecule has 1 unspecified atom stereocenters. The van der Waals surface area contributed by atoms with Crippen LogP contribution in [0.2, 0.25) is 0 Å². The van der Waals surface area contributed by atoms with Crippen molar-refractivity contribution in [1.29, 1.82) is 0 Å². The van der Waals surface area contributed by atoms with Gasteiger partial charge in [-0.25, -0.2) is 0 Å². The Morgan fingerprint density at radius 1 is 1.22 bits per heavy atom. The van der Waals surface area contributed by atoms with E-state index in [0.29, 0.717) is 6.04 Å². The average Bonchev–Trinajstić information content (AvgIpc) is 3.16. The van der Waals surface area contributed by atoms with Gasteiger partial charge in [-0.2, -0.15) is 0 Å². The van der Waals surface area contributed by atoms with E-state index in [1.54, 1.807) is 0 Å². The van der Waals surface area contributed by atoms with Crippen LogP contribution in [-0.2, 0) is 0 Å². The van der Waals surface area contributed by atoms with E-state index in [9.17, 15) is 0 Å². The molecule has 1 aliphatic heterocycles. The van der Waals surface area contributed by atoms with E-state index >= 15 is 0 Å². The van der Waals surface area contributed by atoms with Gasteiger partial charge in [0.1, 0.15) is 0 Å². The topological polar surface area (TPSA) is 15.3 Å². The van der Waals surface area contributed by atoms with Crippen molar-refractivity contribution in [3.05, 3.63) is 28.2 Å². The number of benzene rings is 1. The molecule has 1 saturated heterocycles. The molecule has 18 heavy (non-hydrogen) atoms. The van der Waals surface area contributed by atoms with E-state index < -0.39 is 0 Å². The molecule has 1 heterocycles. The second kappa shape index (κ2) is 5.22. The Kier molecular flexibility index (Phi) is 3.62. The molecule has 0 aromatic heterocycles. The Morgan fingerprint density at radius 2 is 2.06 bits per heavy atom. The maximum absolute atomic E-state index is 3.77. The standard InChI is InChI=1S/C15H21BrN2/c1-11-4-5-12(16)9-15(11)18-8-2-3-14(10-18)17-13-6-7-13/h4-5,9,13-14,17H,2-3,6-8,10H2,1H3. The highest BCUT2D eigenvalue weighted by Gasteiger charge is 2.28.